The van der Waals surface area contributed by atoms with Crippen molar-refractivity contribution in [3.8, 4) is 10.6 Å². The number of nitrogens with one attached hydrogen (secondary N) is 1. The minimum Gasteiger partial charge on any atom is -0.396 e. The predicted molar refractivity (Wildman–Crippen MR) is 121 cm³/mol. The van der Waals surface area contributed by atoms with Gasteiger partial charge in [-0.15, -0.1) is 11.3 Å². The summed E-state index contributed by atoms with van der Waals surface area (Å²) in [7, 11) is 0. The SMILES string of the molecule is OC[C@@H]1CC[C@H](Nc2nc(N3CCOCC3)nc(Cl)c2-c2nc3ccccc3s2)C1. The second-order valence-corrected chi connectivity index (χ2v) is 9.22. The molecule has 1 saturated carbocycles. The number of para-hydroxylation sites is 1. The fourth-order valence-electron chi connectivity index (χ4n) is 4.17. The zero-order chi connectivity index (χ0) is 20.5. The molecule has 1 aliphatic heterocycles. The lowest BCUT2D eigenvalue weighted by Crippen LogP contribution is -2.37. The average molecular weight is 446 g/mol. The van der Waals surface area contributed by atoms with Gasteiger partial charge in [0.05, 0.1) is 29.0 Å². The minimum absolute atomic E-state index is 0.229. The Kier molecular flexibility index (Phi) is 5.73. The van der Waals surface area contributed by atoms with Gasteiger partial charge >= 0.3 is 0 Å². The highest BCUT2D eigenvalue weighted by Crippen LogP contribution is 2.40. The van der Waals surface area contributed by atoms with Gasteiger partial charge in [-0.3, -0.25) is 0 Å². The Morgan fingerprint density at radius 3 is 2.77 bits per heavy atom. The van der Waals surface area contributed by atoms with Gasteiger partial charge in [0.1, 0.15) is 16.0 Å². The number of rotatable bonds is 5. The molecule has 0 amide bonds. The van der Waals surface area contributed by atoms with Crippen LogP contribution in [0.1, 0.15) is 19.3 Å². The van der Waals surface area contributed by atoms with Crippen LogP contribution in [-0.4, -0.2) is 59.0 Å². The minimum atomic E-state index is 0.229. The van der Waals surface area contributed by atoms with E-state index in [9.17, 15) is 5.11 Å². The Balaban J connectivity index is 1.55. The molecule has 2 aliphatic rings. The third-order valence-corrected chi connectivity index (χ3v) is 7.12. The summed E-state index contributed by atoms with van der Waals surface area (Å²) < 4.78 is 6.57. The van der Waals surface area contributed by atoms with Crippen LogP contribution in [-0.2, 0) is 4.74 Å². The average Bonchev–Trinajstić information content (AvgIpc) is 3.40. The first-order valence-electron chi connectivity index (χ1n) is 10.3. The second kappa shape index (κ2) is 8.63. The van der Waals surface area contributed by atoms with Gasteiger partial charge in [-0.25, -0.2) is 9.97 Å². The molecule has 1 aromatic carbocycles. The van der Waals surface area contributed by atoms with E-state index >= 15 is 0 Å². The topological polar surface area (TPSA) is 83.4 Å². The van der Waals surface area contributed by atoms with Crippen molar-refractivity contribution in [2.75, 3.05) is 43.1 Å². The van der Waals surface area contributed by atoms with Crippen LogP contribution in [0.15, 0.2) is 24.3 Å². The van der Waals surface area contributed by atoms with E-state index in [0.717, 1.165) is 59.0 Å². The number of thiazole rings is 1. The molecule has 1 aliphatic carbocycles. The number of fused-ring (bicyclic) bond motifs is 1. The van der Waals surface area contributed by atoms with E-state index in [1.54, 1.807) is 11.3 Å². The largest absolute Gasteiger partial charge is 0.396 e. The summed E-state index contributed by atoms with van der Waals surface area (Å²) in [5.41, 5.74) is 1.69. The van der Waals surface area contributed by atoms with E-state index in [2.05, 4.69) is 21.3 Å². The zero-order valence-corrected chi connectivity index (χ0v) is 18.1. The molecule has 158 valence electrons. The van der Waals surface area contributed by atoms with E-state index < -0.39 is 0 Å². The molecular formula is C21H24ClN5O2S. The molecule has 3 aromatic rings. The molecule has 2 fully saturated rings. The van der Waals surface area contributed by atoms with Crippen molar-refractivity contribution in [3.05, 3.63) is 29.4 Å². The fraction of sp³-hybridized carbons (Fsp3) is 0.476. The lowest BCUT2D eigenvalue weighted by Gasteiger charge is -2.28. The van der Waals surface area contributed by atoms with Crippen molar-refractivity contribution in [1.29, 1.82) is 0 Å². The zero-order valence-electron chi connectivity index (χ0n) is 16.6. The van der Waals surface area contributed by atoms with Crippen molar-refractivity contribution in [3.63, 3.8) is 0 Å². The van der Waals surface area contributed by atoms with Gasteiger partial charge < -0.3 is 20.1 Å². The number of aliphatic hydroxyl groups is 1. The first-order valence-corrected chi connectivity index (χ1v) is 11.5. The summed E-state index contributed by atoms with van der Waals surface area (Å²) in [4.78, 5) is 16.4. The first kappa shape index (κ1) is 19.9. The molecule has 0 bridgehead atoms. The summed E-state index contributed by atoms with van der Waals surface area (Å²) >= 11 is 8.33. The van der Waals surface area contributed by atoms with Gasteiger partial charge in [-0.2, -0.15) is 4.98 Å². The van der Waals surface area contributed by atoms with Crippen molar-refractivity contribution in [2.45, 2.75) is 25.3 Å². The van der Waals surface area contributed by atoms with Crippen LogP contribution in [0.4, 0.5) is 11.8 Å². The van der Waals surface area contributed by atoms with Crippen LogP contribution in [0.2, 0.25) is 5.15 Å². The highest BCUT2D eigenvalue weighted by atomic mass is 35.5. The monoisotopic (exact) mass is 445 g/mol. The fourth-order valence-corrected chi connectivity index (χ4v) is 5.49. The first-order chi connectivity index (χ1) is 14.7. The summed E-state index contributed by atoms with van der Waals surface area (Å²) in [6, 6.07) is 8.30. The summed E-state index contributed by atoms with van der Waals surface area (Å²) in [5, 5.41) is 14.3. The third-order valence-electron chi connectivity index (χ3n) is 5.80. The number of morpholine rings is 1. The van der Waals surface area contributed by atoms with Crippen LogP contribution in [0.25, 0.3) is 20.8 Å². The van der Waals surface area contributed by atoms with E-state index in [0.29, 0.717) is 30.2 Å². The standard InChI is InChI=1S/C21H24ClN5O2S/c22-18-17(20-24-15-3-1-2-4-16(15)30-20)19(23-14-6-5-13(11-14)12-28)26-21(25-18)27-7-9-29-10-8-27/h1-4,13-14,28H,5-12H2,(H,23,25,26)/t13-,14+/m1/s1. The van der Waals surface area contributed by atoms with Crippen LogP contribution >= 0.6 is 22.9 Å². The number of anilines is 2. The lowest BCUT2D eigenvalue weighted by atomic mass is 10.1. The molecule has 2 N–H and O–H groups in total. The summed E-state index contributed by atoms with van der Waals surface area (Å²) in [6.07, 6.45) is 2.93. The molecule has 9 heteroatoms. The summed E-state index contributed by atoms with van der Waals surface area (Å²) in [5.74, 6) is 1.68. The molecule has 0 spiro atoms. The molecule has 30 heavy (non-hydrogen) atoms. The van der Waals surface area contributed by atoms with E-state index in [1.165, 1.54) is 0 Å². The quantitative estimate of drug-likeness (QED) is 0.577. The molecule has 0 radical (unpaired) electrons. The van der Waals surface area contributed by atoms with Gasteiger partial charge in [0.15, 0.2) is 0 Å². The van der Waals surface area contributed by atoms with Gasteiger partial charge in [-0.1, -0.05) is 23.7 Å². The number of hydrogen-bond donors (Lipinski definition) is 2. The third kappa shape index (κ3) is 3.97. The van der Waals surface area contributed by atoms with Crippen molar-refractivity contribution in [1.82, 2.24) is 15.0 Å². The van der Waals surface area contributed by atoms with Crippen molar-refractivity contribution < 1.29 is 9.84 Å². The maximum atomic E-state index is 9.52. The highest BCUT2D eigenvalue weighted by molar-refractivity contribution is 7.21. The maximum Gasteiger partial charge on any atom is 0.228 e. The maximum absolute atomic E-state index is 9.52. The normalized spacial score (nSPS) is 22.0. The van der Waals surface area contributed by atoms with Crippen LogP contribution in [0, 0.1) is 5.92 Å². The van der Waals surface area contributed by atoms with E-state index in [1.807, 2.05) is 18.2 Å². The molecule has 5 rings (SSSR count). The lowest BCUT2D eigenvalue weighted by molar-refractivity contribution is 0.122. The van der Waals surface area contributed by atoms with E-state index in [4.69, 9.17) is 26.3 Å². The van der Waals surface area contributed by atoms with Gasteiger partial charge in [0, 0.05) is 25.7 Å². The Bertz CT molecular complexity index is 1010. The number of nitrogens with zero attached hydrogens (tertiary/aromatic N) is 4. The molecule has 1 saturated heterocycles. The number of ether oxygens (including phenoxy) is 1. The van der Waals surface area contributed by atoms with Crippen molar-refractivity contribution in [2.24, 2.45) is 5.92 Å². The van der Waals surface area contributed by atoms with E-state index in [-0.39, 0.29) is 12.6 Å². The number of hydrogen-bond acceptors (Lipinski definition) is 8. The van der Waals surface area contributed by atoms with Crippen LogP contribution < -0.4 is 10.2 Å². The summed E-state index contributed by atoms with van der Waals surface area (Å²) in [6.45, 7) is 3.03. The molecule has 7 nitrogen and oxygen atoms in total. The number of aromatic nitrogens is 3. The van der Waals surface area contributed by atoms with Crippen LogP contribution in [0.5, 0.6) is 0 Å². The number of halogens is 1. The van der Waals surface area contributed by atoms with Crippen LogP contribution in [0.3, 0.4) is 0 Å². The number of benzene rings is 1. The Morgan fingerprint density at radius 1 is 1.17 bits per heavy atom. The highest BCUT2D eigenvalue weighted by Gasteiger charge is 2.28. The molecule has 3 heterocycles. The van der Waals surface area contributed by atoms with Gasteiger partial charge in [0.2, 0.25) is 5.95 Å². The molecule has 2 atom stereocenters. The van der Waals surface area contributed by atoms with Gasteiger partial charge in [-0.05, 0) is 37.3 Å². The Labute approximate surface area is 184 Å². The molecular weight excluding hydrogens is 422 g/mol. The smallest absolute Gasteiger partial charge is 0.228 e. The second-order valence-electron chi connectivity index (χ2n) is 7.83. The van der Waals surface area contributed by atoms with Gasteiger partial charge in [0.25, 0.3) is 0 Å². The van der Waals surface area contributed by atoms with Crippen molar-refractivity contribution >= 4 is 44.9 Å². The Morgan fingerprint density at radius 2 is 2.00 bits per heavy atom. The predicted octanol–water partition coefficient (Wildman–Crippen LogP) is 3.82. The number of aliphatic hydroxyl groups excluding tert-OH is 1. The Hall–Kier alpha value is -2.00. The molecule has 2 aromatic heterocycles. The molecule has 0 unspecified atom stereocenters.